The molecule has 2 unspecified atom stereocenters. The van der Waals surface area contributed by atoms with E-state index in [2.05, 4.69) is 37.9 Å². The molecule has 4 aliphatic carbocycles. The Morgan fingerprint density at radius 3 is 1.94 bits per heavy atom. The molecule has 3 saturated carbocycles. The third kappa shape index (κ3) is 10.5. The highest BCUT2D eigenvalue weighted by Crippen LogP contribution is 2.54. The molecular formula is C53H48ClF2N5O2. The first-order valence-electron chi connectivity index (χ1n) is 21.6. The van der Waals surface area contributed by atoms with Gasteiger partial charge in [-0.25, -0.2) is 13.8 Å². The molecule has 0 bridgehead atoms. The van der Waals surface area contributed by atoms with Gasteiger partial charge in [-0.05, 0) is 187 Å². The monoisotopic (exact) mass is 859 g/mol. The molecule has 318 valence electrons. The fourth-order valence-electron chi connectivity index (χ4n) is 10.7. The Balaban J connectivity index is 0.000000149. The standard InChI is InChI=1S/C27H23FN2O.C19H19ClFNO.C7H6N2/c1-2-17-3-5-23(30-16-17)15-24(31)11-18-9-19-12-21(13-20(19)10-18)25-7-8-29-27-6-4-22(28)14-26(25)27;20-19(23)7-11-5-12-8-14(9-13(12)6-11)16-3-4-22-18-2-1-15(21)10-17(16)18;1-2-6-3-4-7(8)9-5-6/h1,3-8,12,14,16,18-20H,9-11,13,15H2;1-4,10-14H,5-9H2;1,3-5H,(H2,8,9)/t18-,19-,20+;11?,12-,13+,14?;/m0../s1. The summed E-state index contributed by atoms with van der Waals surface area (Å²) in [6, 6.07) is 20.8. The van der Waals surface area contributed by atoms with Crippen molar-refractivity contribution in [2.75, 3.05) is 5.73 Å². The maximum Gasteiger partial charge on any atom is 0.221 e. The fraction of sp³-hybridized carbons (Fsp3) is 0.321. The summed E-state index contributed by atoms with van der Waals surface area (Å²) in [5.41, 5.74) is 12.9. The molecule has 3 fully saturated rings. The molecule has 4 heterocycles. The number of nitrogens with zero attached hydrogens (tertiary/aromatic N) is 4. The maximum absolute atomic E-state index is 13.8. The molecular weight excluding hydrogens is 812 g/mol. The largest absolute Gasteiger partial charge is 0.384 e. The average Bonchev–Trinajstić information content (AvgIpc) is 4.05. The Kier molecular flexibility index (Phi) is 13.4. The van der Waals surface area contributed by atoms with Crippen LogP contribution in [-0.4, -0.2) is 31.0 Å². The summed E-state index contributed by atoms with van der Waals surface area (Å²) < 4.78 is 27.4. The minimum atomic E-state index is -0.234. The van der Waals surface area contributed by atoms with Crippen molar-refractivity contribution in [3.63, 3.8) is 0 Å². The van der Waals surface area contributed by atoms with Crippen molar-refractivity contribution >= 4 is 55.8 Å². The smallest absolute Gasteiger partial charge is 0.221 e. The zero-order valence-electron chi connectivity index (χ0n) is 34.9. The zero-order valence-corrected chi connectivity index (χ0v) is 35.7. The van der Waals surface area contributed by atoms with Gasteiger partial charge in [0.25, 0.3) is 0 Å². The topological polar surface area (TPSA) is 112 Å². The van der Waals surface area contributed by atoms with Crippen LogP contribution in [0.1, 0.15) is 91.7 Å². The first kappa shape index (κ1) is 43.4. The molecule has 0 aliphatic heterocycles. The average molecular weight is 860 g/mol. The van der Waals surface area contributed by atoms with Crippen LogP contribution in [-0.2, 0) is 16.0 Å². The van der Waals surface area contributed by atoms with Crippen LogP contribution < -0.4 is 5.73 Å². The van der Waals surface area contributed by atoms with Crippen LogP contribution in [0.4, 0.5) is 14.6 Å². The minimum absolute atomic E-state index is 0.203. The third-order valence-corrected chi connectivity index (χ3v) is 13.5. The minimum Gasteiger partial charge on any atom is -0.384 e. The number of halogens is 3. The molecule has 4 aromatic heterocycles. The highest BCUT2D eigenvalue weighted by Gasteiger charge is 2.43. The third-order valence-electron chi connectivity index (χ3n) is 13.4. The van der Waals surface area contributed by atoms with Crippen molar-refractivity contribution in [1.82, 2.24) is 19.9 Å². The fourth-order valence-corrected chi connectivity index (χ4v) is 10.9. The van der Waals surface area contributed by atoms with E-state index in [9.17, 15) is 18.4 Å². The number of aromatic nitrogens is 4. The number of carbonyl (C=O) groups excluding carboxylic acids is 2. The SMILES string of the molecule is C#Cc1ccc(CC(=O)C[C@@H]2C[C@@H]3CC(c4ccnc5ccc(F)cc45)=C[C@@H]3C2)nc1.C#Cc1ccc(N)nc1.O=C(Cl)CC1C[C@@H]2CC(c3ccnc4ccc(F)cc34)C[C@@H]2C1. The molecule has 6 aromatic rings. The summed E-state index contributed by atoms with van der Waals surface area (Å²) in [5, 5.41) is 1.62. The van der Waals surface area contributed by atoms with Crippen molar-refractivity contribution in [2.45, 2.75) is 70.1 Å². The highest BCUT2D eigenvalue weighted by atomic mass is 35.5. The second-order valence-corrected chi connectivity index (χ2v) is 18.0. The number of nitrogen functional groups attached to an aromatic ring is 1. The summed E-state index contributed by atoms with van der Waals surface area (Å²) in [6.07, 6.45) is 28.7. The highest BCUT2D eigenvalue weighted by molar-refractivity contribution is 6.63. The molecule has 10 rings (SSSR count). The first-order valence-corrected chi connectivity index (χ1v) is 22.0. The number of rotatable bonds is 8. The molecule has 0 saturated heterocycles. The summed E-state index contributed by atoms with van der Waals surface area (Å²) in [5.74, 6) is 9.06. The van der Waals surface area contributed by atoms with Crippen molar-refractivity contribution in [3.8, 4) is 24.7 Å². The molecule has 7 nitrogen and oxygen atoms in total. The van der Waals surface area contributed by atoms with E-state index in [1.165, 1.54) is 23.3 Å². The van der Waals surface area contributed by atoms with E-state index < -0.39 is 0 Å². The Morgan fingerprint density at radius 2 is 1.32 bits per heavy atom. The second-order valence-electron chi connectivity index (χ2n) is 17.5. The Morgan fingerprint density at radius 1 is 0.698 bits per heavy atom. The molecule has 4 aliphatic rings. The normalized spacial score (nSPS) is 23.0. The zero-order chi connectivity index (χ0) is 44.0. The number of allylic oxidation sites excluding steroid dienone is 2. The van der Waals surface area contributed by atoms with Crippen molar-refractivity contribution in [3.05, 3.63) is 143 Å². The van der Waals surface area contributed by atoms with Gasteiger partial charge in [0.2, 0.25) is 5.24 Å². The van der Waals surface area contributed by atoms with Gasteiger partial charge in [0.15, 0.2) is 0 Å². The van der Waals surface area contributed by atoms with Crippen LogP contribution >= 0.6 is 11.6 Å². The summed E-state index contributed by atoms with van der Waals surface area (Å²) in [4.78, 5) is 40.5. The summed E-state index contributed by atoms with van der Waals surface area (Å²) >= 11 is 5.54. The van der Waals surface area contributed by atoms with E-state index in [0.717, 1.165) is 89.1 Å². The Hall–Kier alpha value is -6.29. The molecule has 10 heteroatoms. The molecule has 0 spiro atoms. The first-order chi connectivity index (χ1) is 30.5. The van der Waals surface area contributed by atoms with E-state index >= 15 is 0 Å². The number of ketones is 1. The predicted octanol–water partition coefficient (Wildman–Crippen LogP) is 11.1. The van der Waals surface area contributed by atoms with Crippen LogP contribution in [0.25, 0.3) is 27.4 Å². The van der Waals surface area contributed by atoms with Gasteiger partial charge in [-0.3, -0.25) is 24.5 Å². The summed E-state index contributed by atoms with van der Waals surface area (Å²) in [6.45, 7) is 0. The Labute approximate surface area is 372 Å². The van der Waals surface area contributed by atoms with Crippen LogP contribution in [0, 0.1) is 71.8 Å². The van der Waals surface area contributed by atoms with E-state index in [0.29, 0.717) is 66.5 Å². The van der Waals surface area contributed by atoms with Crippen LogP contribution in [0.5, 0.6) is 0 Å². The molecule has 2 N–H and O–H groups in total. The van der Waals surface area contributed by atoms with E-state index in [-0.39, 0.29) is 22.7 Å². The van der Waals surface area contributed by atoms with Gasteiger partial charge in [-0.2, -0.15) is 0 Å². The van der Waals surface area contributed by atoms with Crippen molar-refractivity contribution in [2.24, 2.45) is 35.5 Å². The molecule has 63 heavy (non-hydrogen) atoms. The number of hydrogen-bond acceptors (Lipinski definition) is 7. The van der Waals surface area contributed by atoms with Crippen LogP contribution in [0.3, 0.4) is 0 Å². The van der Waals surface area contributed by atoms with E-state index in [4.69, 9.17) is 30.2 Å². The van der Waals surface area contributed by atoms with E-state index in [1.54, 1.807) is 55.0 Å². The lowest BCUT2D eigenvalue weighted by Gasteiger charge is -2.16. The number of pyridine rings is 4. The number of Topliss-reactive ketones (excluding diaryl/α,β-unsaturated/α-hetero) is 1. The quantitative estimate of drug-likeness (QED) is 0.120. The molecule has 7 atom stereocenters. The van der Waals surface area contributed by atoms with Crippen LogP contribution in [0.2, 0.25) is 0 Å². The van der Waals surface area contributed by atoms with E-state index in [1.807, 2.05) is 30.5 Å². The van der Waals surface area contributed by atoms with Gasteiger partial charge < -0.3 is 5.73 Å². The Bertz CT molecular complexity index is 2750. The van der Waals surface area contributed by atoms with Gasteiger partial charge in [0, 0.05) is 71.6 Å². The second kappa shape index (κ2) is 19.4. The number of fused-ring (bicyclic) bond motifs is 4. The van der Waals surface area contributed by atoms with Crippen molar-refractivity contribution < 1.29 is 18.4 Å². The van der Waals surface area contributed by atoms with Crippen molar-refractivity contribution in [1.29, 1.82) is 0 Å². The van der Waals surface area contributed by atoms with Gasteiger partial charge in [-0.15, -0.1) is 12.8 Å². The number of anilines is 1. The number of carbonyl (C=O) groups is 2. The summed E-state index contributed by atoms with van der Waals surface area (Å²) in [7, 11) is 0. The molecule has 2 aromatic carbocycles. The van der Waals surface area contributed by atoms with Gasteiger partial charge in [-0.1, -0.05) is 17.9 Å². The number of terminal acetylenes is 2. The van der Waals surface area contributed by atoms with Crippen LogP contribution in [0.15, 0.2) is 104 Å². The number of nitrogens with two attached hydrogens (primary N) is 1. The van der Waals surface area contributed by atoms with Gasteiger partial charge >= 0.3 is 0 Å². The lowest BCUT2D eigenvalue weighted by molar-refractivity contribution is -0.119. The van der Waals surface area contributed by atoms with Gasteiger partial charge in [0.1, 0.15) is 23.2 Å². The number of hydrogen-bond donors (Lipinski definition) is 1. The molecule has 0 radical (unpaired) electrons. The lowest BCUT2D eigenvalue weighted by atomic mass is 9.90. The predicted molar refractivity (Wildman–Crippen MR) is 245 cm³/mol. The maximum atomic E-state index is 13.8. The van der Waals surface area contributed by atoms with Gasteiger partial charge in [0.05, 0.1) is 11.0 Å². The molecule has 0 amide bonds. The lowest BCUT2D eigenvalue weighted by Crippen LogP contribution is -2.10. The number of benzene rings is 2.